The number of pyridine rings is 1. The minimum atomic E-state index is -0.219. The molecule has 3 aromatic rings. The average Bonchev–Trinajstić information content (AvgIpc) is 3.03. The maximum atomic E-state index is 12.6. The summed E-state index contributed by atoms with van der Waals surface area (Å²) in [5.74, 6) is 0.626. The number of nitrogens with zero attached hydrogens (tertiary/aromatic N) is 4. The van der Waals surface area contributed by atoms with Crippen molar-refractivity contribution in [3.63, 3.8) is 0 Å². The van der Waals surface area contributed by atoms with Gasteiger partial charge in [0.15, 0.2) is 0 Å². The van der Waals surface area contributed by atoms with E-state index in [1.165, 1.54) is 6.33 Å². The molecule has 0 radical (unpaired) electrons. The SMILES string of the molecule is CCCn1ncnc1[C@H](C)NC(=O)c1cccc2ncccc12. The van der Waals surface area contributed by atoms with E-state index >= 15 is 0 Å². The van der Waals surface area contributed by atoms with Crippen molar-refractivity contribution in [3.8, 4) is 0 Å². The van der Waals surface area contributed by atoms with Crippen LogP contribution in [0.25, 0.3) is 10.9 Å². The quantitative estimate of drug-likeness (QED) is 0.786. The molecule has 1 atom stereocenters. The van der Waals surface area contributed by atoms with E-state index in [1.807, 2.05) is 41.9 Å². The van der Waals surface area contributed by atoms with Crippen LogP contribution in [0.4, 0.5) is 0 Å². The van der Waals surface area contributed by atoms with Crippen LogP contribution in [-0.2, 0) is 6.54 Å². The first-order valence-electron chi connectivity index (χ1n) is 7.73. The van der Waals surface area contributed by atoms with Crippen LogP contribution in [-0.4, -0.2) is 25.7 Å². The number of carbonyl (C=O) groups excluding carboxylic acids is 1. The summed E-state index contributed by atoms with van der Waals surface area (Å²) in [6, 6.07) is 9.07. The third-order valence-electron chi connectivity index (χ3n) is 3.71. The molecule has 0 aliphatic heterocycles. The number of carbonyl (C=O) groups is 1. The van der Waals surface area contributed by atoms with Crippen LogP contribution in [0.2, 0.25) is 0 Å². The average molecular weight is 309 g/mol. The second kappa shape index (κ2) is 6.56. The number of aryl methyl sites for hydroxylation is 1. The maximum Gasteiger partial charge on any atom is 0.252 e. The van der Waals surface area contributed by atoms with Crippen molar-refractivity contribution in [3.05, 3.63) is 54.2 Å². The van der Waals surface area contributed by atoms with Crippen LogP contribution in [0.15, 0.2) is 42.9 Å². The molecule has 0 aliphatic rings. The van der Waals surface area contributed by atoms with Gasteiger partial charge in [-0.25, -0.2) is 9.67 Å². The summed E-state index contributed by atoms with van der Waals surface area (Å²) >= 11 is 0. The van der Waals surface area contributed by atoms with E-state index in [-0.39, 0.29) is 11.9 Å². The lowest BCUT2D eigenvalue weighted by atomic mass is 10.1. The topological polar surface area (TPSA) is 72.7 Å². The molecule has 6 nitrogen and oxygen atoms in total. The smallest absolute Gasteiger partial charge is 0.252 e. The van der Waals surface area contributed by atoms with Crippen molar-refractivity contribution in [1.82, 2.24) is 25.1 Å². The predicted octanol–water partition coefficient (Wildman–Crippen LogP) is 2.73. The zero-order chi connectivity index (χ0) is 16.2. The molecule has 6 heteroatoms. The molecule has 23 heavy (non-hydrogen) atoms. The van der Waals surface area contributed by atoms with Gasteiger partial charge in [-0.2, -0.15) is 5.10 Å². The lowest BCUT2D eigenvalue weighted by Crippen LogP contribution is -2.29. The van der Waals surface area contributed by atoms with Crippen LogP contribution in [0.5, 0.6) is 0 Å². The summed E-state index contributed by atoms with van der Waals surface area (Å²) < 4.78 is 1.83. The molecular weight excluding hydrogens is 290 g/mol. The van der Waals surface area contributed by atoms with Crippen LogP contribution in [0.3, 0.4) is 0 Å². The van der Waals surface area contributed by atoms with E-state index in [2.05, 4.69) is 27.3 Å². The van der Waals surface area contributed by atoms with Gasteiger partial charge in [0, 0.05) is 23.7 Å². The van der Waals surface area contributed by atoms with Gasteiger partial charge in [0.1, 0.15) is 12.2 Å². The number of aromatic nitrogens is 4. The Bertz CT molecular complexity index is 821. The third-order valence-corrected chi connectivity index (χ3v) is 3.71. The highest BCUT2D eigenvalue weighted by molar-refractivity contribution is 6.06. The first-order valence-corrected chi connectivity index (χ1v) is 7.73. The number of amides is 1. The lowest BCUT2D eigenvalue weighted by molar-refractivity contribution is 0.0939. The summed E-state index contributed by atoms with van der Waals surface area (Å²) in [7, 11) is 0. The minimum absolute atomic E-state index is 0.137. The molecule has 118 valence electrons. The Labute approximate surface area is 134 Å². The predicted molar refractivity (Wildman–Crippen MR) is 87.9 cm³/mol. The number of rotatable bonds is 5. The Kier molecular flexibility index (Phi) is 4.32. The second-order valence-corrected chi connectivity index (χ2v) is 5.41. The summed E-state index contributed by atoms with van der Waals surface area (Å²) in [6.45, 7) is 4.78. The molecule has 2 aromatic heterocycles. The second-order valence-electron chi connectivity index (χ2n) is 5.41. The van der Waals surface area contributed by atoms with Gasteiger partial charge in [-0.05, 0) is 31.5 Å². The molecule has 1 N–H and O–H groups in total. The molecule has 0 spiro atoms. The van der Waals surface area contributed by atoms with Gasteiger partial charge < -0.3 is 5.32 Å². The van der Waals surface area contributed by atoms with Gasteiger partial charge in [0.05, 0.1) is 11.6 Å². The van der Waals surface area contributed by atoms with Gasteiger partial charge in [-0.1, -0.05) is 19.1 Å². The van der Waals surface area contributed by atoms with Gasteiger partial charge in [0.25, 0.3) is 5.91 Å². The Morgan fingerprint density at radius 3 is 2.96 bits per heavy atom. The third kappa shape index (κ3) is 3.06. The van der Waals surface area contributed by atoms with Crippen molar-refractivity contribution < 1.29 is 4.79 Å². The van der Waals surface area contributed by atoms with Gasteiger partial charge in [-0.3, -0.25) is 9.78 Å². The van der Waals surface area contributed by atoms with Gasteiger partial charge in [0.2, 0.25) is 0 Å². The van der Waals surface area contributed by atoms with Crippen molar-refractivity contribution >= 4 is 16.8 Å². The number of nitrogens with one attached hydrogen (secondary N) is 1. The lowest BCUT2D eigenvalue weighted by Gasteiger charge is -2.15. The highest BCUT2D eigenvalue weighted by Gasteiger charge is 2.17. The molecule has 0 aliphatic carbocycles. The van der Waals surface area contributed by atoms with Crippen molar-refractivity contribution in [2.45, 2.75) is 32.9 Å². The standard InChI is InChI=1S/C17H19N5O/c1-3-10-22-16(19-11-20-22)12(2)21-17(23)14-6-4-8-15-13(14)7-5-9-18-15/h4-9,11-12H,3,10H2,1-2H3,(H,21,23)/t12-/m0/s1. The van der Waals surface area contributed by atoms with E-state index in [0.29, 0.717) is 5.56 Å². The van der Waals surface area contributed by atoms with Crippen molar-refractivity contribution in [1.29, 1.82) is 0 Å². The van der Waals surface area contributed by atoms with Gasteiger partial charge >= 0.3 is 0 Å². The summed E-state index contributed by atoms with van der Waals surface area (Å²) in [5, 5.41) is 8.04. The van der Waals surface area contributed by atoms with E-state index in [9.17, 15) is 4.79 Å². The highest BCUT2D eigenvalue weighted by Crippen LogP contribution is 2.18. The zero-order valence-electron chi connectivity index (χ0n) is 13.2. The first kappa shape index (κ1) is 15.1. The summed E-state index contributed by atoms with van der Waals surface area (Å²) in [5.41, 5.74) is 1.42. The Morgan fingerprint density at radius 2 is 2.13 bits per heavy atom. The maximum absolute atomic E-state index is 12.6. The number of hydrogen-bond donors (Lipinski definition) is 1. The van der Waals surface area contributed by atoms with E-state index in [4.69, 9.17) is 0 Å². The van der Waals surface area contributed by atoms with E-state index < -0.39 is 0 Å². The molecule has 0 fully saturated rings. The monoisotopic (exact) mass is 309 g/mol. The molecular formula is C17H19N5O. The Morgan fingerprint density at radius 1 is 1.26 bits per heavy atom. The molecule has 0 bridgehead atoms. The van der Waals surface area contributed by atoms with Crippen LogP contribution < -0.4 is 5.32 Å². The molecule has 1 amide bonds. The fraction of sp³-hybridized carbons (Fsp3) is 0.294. The van der Waals surface area contributed by atoms with Crippen LogP contribution in [0.1, 0.15) is 42.5 Å². The fourth-order valence-electron chi connectivity index (χ4n) is 2.63. The fourth-order valence-corrected chi connectivity index (χ4v) is 2.63. The van der Waals surface area contributed by atoms with Crippen molar-refractivity contribution in [2.24, 2.45) is 0 Å². The van der Waals surface area contributed by atoms with Gasteiger partial charge in [-0.15, -0.1) is 0 Å². The van der Waals surface area contributed by atoms with E-state index in [0.717, 1.165) is 29.7 Å². The first-order chi connectivity index (χ1) is 11.2. The largest absolute Gasteiger partial charge is 0.342 e. The highest BCUT2D eigenvalue weighted by atomic mass is 16.1. The van der Waals surface area contributed by atoms with Crippen LogP contribution >= 0.6 is 0 Å². The number of benzene rings is 1. The van der Waals surface area contributed by atoms with Crippen LogP contribution in [0, 0.1) is 0 Å². The molecule has 0 saturated carbocycles. The molecule has 0 unspecified atom stereocenters. The van der Waals surface area contributed by atoms with E-state index in [1.54, 1.807) is 6.20 Å². The summed E-state index contributed by atoms with van der Waals surface area (Å²) in [6.07, 6.45) is 4.21. The molecule has 2 heterocycles. The molecule has 0 saturated heterocycles. The Hall–Kier alpha value is -2.76. The summed E-state index contributed by atoms with van der Waals surface area (Å²) in [4.78, 5) is 21.2. The zero-order valence-corrected chi connectivity index (χ0v) is 13.2. The molecule has 3 rings (SSSR count). The molecule has 1 aromatic carbocycles. The number of fused-ring (bicyclic) bond motifs is 1. The minimum Gasteiger partial charge on any atom is -0.342 e. The van der Waals surface area contributed by atoms with Crippen molar-refractivity contribution in [2.75, 3.05) is 0 Å². The normalized spacial score (nSPS) is 12.3. The number of hydrogen-bond acceptors (Lipinski definition) is 4. The Balaban J connectivity index is 1.84.